The molecule has 0 aliphatic rings. The number of aliphatic hydroxyl groups excluding tert-OH is 1. The van der Waals surface area contributed by atoms with Crippen molar-refractivity contribution in [3.8, 4) is 0 Å². The van der Waals surface area contributed by atoms with Gasteiger partial charge in [-0.3, -0.25) is 0 Å². The van der Waals surface area contributed by atoms with Gasteiger partial charge in [0, 0.05) is 5.25 Å². The van der Waals surface area contributed by atoms with Gasteiger partial charge < -0.3 is 9.66 Å². The first-order chi connectivity index (χ1) is 10.9. The van der Waals surface area contributed by atoms with Crippen LogP contribution in [0.2, 0.25) is 0 Å². The summed E-state index contributed by atoms with van der Waals surface area (Å²) in [4.78, 5) is 0. The van der Waals surface area contributed by atoms with Gasteiger partial charge in [0.05, 0.1) is 16.2 Å². The van der Waals surface area contributed by atoms with Crippen LogP contribution in [-0.2, 0) is 10.1 Å². The Kier molecular flexibility index (Phi) is 20.7. The van der Waals surface area contributed by atoms with Crippen molar-refractivity contribution >= 4 is 10.1 Å². The average Bonchev–Trinajstić information content (AvgIpc) is 2.48. The molecule has 0 spiro atoms. The van der Waals surface area contributed by atoms with E-state index in [1.165, 1.54) is 19.3 Å². The predicted molar refractivity (Wildman–Crippen MR) is 95.5 cm³/mol. The summed E-state index contributed by atoms with van der Waals surface area (Å²) in [5.74, 6) is 0. The predicted octanol–water partition coefficient (Wildman–Crippen LogP) is 1.77. The van der Waals surface area contributed by atoms with Crippen molar-refractivity contribution in [3.63, 3.8) is 0 Å². The summed E-state index contributed by atoms with van der Waals surface area (Å²) in [6.07, 6.45) is 12.3. The second-order valence-corrected chi connectivity index (χ2v) is 8.40. The minimum absolute atomic E-state index is 0. The molecule has 0 saturated carbocycles. The maximum Gasteiger partial charge on any atom is 1.00 e. The standard InChI is InChI=1S/C18H38O4S.K/c1-3-5-7-8-9-11-15-18(23(20,21)22)16-12-14-17(19)13-10-6-4-2;/h17-19H,3-16H2,1-2H3,(H,20,21,22);/q;+1/p-1. The molecule has 0 aliphatic carbocycles. The van der Waals surface area contributed by atoms with E-state index in [9.17, 15) is 18.1 Å². The van der Waals surface area contributed by atoms with Crippen LogP contribution in [0.15, 0.2) is 0 Å². The molecule has 2 unspecified atom stereocenters. The van der Waals surface area contributed by atoms with Crippen LogP contribution in [0, 0.1) is 0 Å². The molecule has 0 rings (SSSR count). The van der Waals surface area contributed by atoms with Crippen LogP contribution in [0.1, 0.15) is 104 Å². The van der Waals surface area contributed by atoms with E-state index >= 15 is 0 Å². The minimum Gasteiger partial charge on any atom is -0.748 e. The molecule has 2 atom stereocenters. The third-order valence-corrected chi connectivity index (χ3v) is 5.78. The normalized spacial score (nSPS) is 14.2. The van der Waals surface area contributed by atoms with Crippen molar-refractivity contribution in [2.75, 3.05) is 0 Å². The summed E-state index contributed by atoms with van der Waals surface area (Å²) < 4.78 is 34.1. The van der Waals surface area contributed by atoms with Gasteiger partial charge in [-0.05, 0) is 32.1 Å². The quantitative estimate of drug-likeness (QED) is 0.248. The SMILES string of the molecule is CCCCCCCCC(CCCC(O)CCCCC)S(=O)(=O)[O-].[K+]. The second-order valence-electron chi connectivity index (χ2n) is 6.75. The summed E-state index contributed by atoms with van der Waals surface area (Å²) >= 11 is 0. The molecule has 1 N–H and O–H groups in total. The summed E-state index contributed by atoms with van der Waals surface area (Å²) in [5, 5.41) is 9.09. The van der Waals surface area contributed by atoms with Crippen molar-refractivity contribution in [2.45, 2.75) is 115 Å². The van der Waals surface area contributed by atoms with Crippen LogP contribution in [0.5, 0.6) is 0 Å². The number of unbranched alkanes of at least 4 members (excludes halogenated alkanes) is 7. The molecule has 0 saturated heterocycles. The van der Waals surface area contributed by atoms with Crippen LogP contribution in [-0.4, -0.2) is 29.4 Å². The van der Waals surface area contributed by atoms with E-state index in [1.54, 1.807) is 0 Å². The molecule has 24 heavy (non-hydrogen) atoms. The molecule has 0 aromatic rings. The maximum absolute atomic E-state index is 11.4. The molecule has 140 valence electrons. The van der Waals surface area contributed by atoms with Gasteiger partial charge in [-0.15, -0.1) is 0 Å². The Hall–Kier alpha value is 1.51. The van der Waals surface area contributed by atoms with E-state index in [4.69, 9.17) is 0 Å². The van der Waals surface area contributed by atoms with E-state index < -0.39 is 15.4 Å². The maximum atomic E-state index is 11.4. The Morgan fingerprint density at radius 3 is 1.75 bits per heavy atom. The largest absolute Gasteiger partial charge is 1.00 e. The van der Waals surface area contributed by atoms with Crippen molar-refractivity contribution in [1.29, 1.82) is 0 Å². The molecule has 4 nitrogen and oxygen atoms in total. The number of rotatable bonds is 16. The van der Waals surface area contributed by atoms with Crippen molar-refractivity contribution in [1.82, 2.24) is 0 Å². The Morgan fingerprint density at radius 2 is 1.17 bits per heavy atom. The van der Waals surface area contributed by atoms with Gasteiger partial charge in [0.1, 0.15) is 0 Å². The van der Waals surface area contributed by atoms with Gasteiger partial charge >= 0.3 is 51.4 Å². The van der Waals surface area contributed by atoms with E-state index in [2.05, 4.69) is 13.8 Å². The van der Waals surface area contributed by atoms with Gasteiger partial charge in [-0.2, -0.15) is 0 Å². The molecule has 0 bridgehead atoms. The van der Waals surface area contributed by atoms with Crippen molar-refractivity contribution in [2.24, 2.45) is 0 Å². The molecule has 0 fully saturated rings. The molecule has 0 aromatic heterocycles. The van der Waals surface area contributed by atoms with Gasteiger partial charge in [0.2, 0.25) is 0 Å². The molecule has 0 aromatic carbocycles. The Morgan fingerprint density at radius 1 is 0.750 bits per heavy atom. The smallest absolute Gasteiger partial charge is 0.748 e. The van der Waals surface area contributed by atoms with E-state index in [0.29, 0.717) is 25.7 Å². The van der Waals surface area contributed by atoms with Crippen molar-refractivity contribution < 1.29 is 69.5 Å². The third-order valence-electron chi connectivity index (χ3n) is 4.49. The summed E-state index contributed by atoms with van der Waals surface area (Å²) in [6.45, 7) is 4.29. The fraction of sp³-hybridized carbons (Fsp3) is 1.00. The molecular weight excluding hydrogens is 351 g/mol. The van der Waals surface area contributed by atoms with Crippen LogP contribution < -0.4 is 51.4 Å². The van der Waals surface area contributed by atoms with Gasteiger partial charge in [0.25, 0.3) is 0 Å². The fourth-order valence-electron chi connectivity index (χ4n) is 2.94. The summed E-state index contributed by atoms with van der Waals surface area (Å²) in [5.41, 5.74) is 0. The zero-order chi connectivity index (χ0) is 17.6. The van der Waals surface area contributed by atoms with Gasteiger partial charge in [-0.25, -0.2) is 8.42 Å². The molecule has 0 heterocycles. The second kappa shape index (κ2) is 17.9. The van der Waals surface area contributed by atoms with E-state index in [0.717, 1.165) is 44.9 Å². The van der Waals surface area contributed by atoms with Crippen molar-refractivity contribution in [3.05, 3.63) is 0 Å². The summed E-state index contributed by atoms with van der Waals surface area (Å²) in [7, 11) is -4.21. The Balaban J connectivity index is 0. The fourth-order valence-corrected chi connectivity index (χ4v) is 3.85. The topological polar surface area (TPSA) is 77.4 Å². The molecule has 0 aliphatic heterocycles. The molecule has 0 amide bonds. The third kappa shape index (κ3) is 16.9. The number of aliphatic hydroxyl groups is 1. The first-order valence-electron chi connectivity index (χ1n) is 9.54. The first kappa shape index (κ1) is 27.7. The van der Waals surface area contributed by atoms with E-state index in [1.807, 2.05) is 0 Å². The van der Waals surface area contributed by atoms with Gasteiger partial charge in [-0.1, -0.05) is 71.6 Å². The first-order valence-corrected chi connectivity index (χ1v) is 11.0. The van der Waals surface area contributed by atoms with Crippen LogP contribution in [0.4, 0.5) is 0 Å². The summed E-state index contributed by atoms with van der Waals surface area (Å²) in [6, 6.07) is 0. The zero-order valence-electron chi connectivity index (χ0n) is 16.1. The van der Waals surface area contributed by atoms with E-state index in [-0.39, 0.29) is 57.5 Å². The Bertz CT molecular complexity index is 360. The monoisotopic (exact) mass is 388 g/mol. The van der Waals surface area contributed by atoms with Crippen LogP contribution in [0.25, 0.3) is 0 Å². The minimum atomic E-state index is -4.21. The van der Waals surface area contributed by atoms with Crippen LogP contribution >= 0.6 is 0 Å². The average molecular weight is 389 g/mol. The molecular formula is C18H37KO4S. The zero-order valence-corrected chi connectivity index (χ0v) is 20.1. The Labute approximate surface area is 192 Å². The number of hydrogen-bond acceptors (Lipinski definition) is 4. The molecule has 6 heteroatoms. The number of hydrogen-bond donors (Lipinski definition) is 1. The van der Waals surface area contributed by atoms with Crippen LogP contribution in [0.3, 0.4) is 0 Å². The van der Waals surface area contributed by atoms with Gasteiger partial charge in [0.15, 0.2) is 0 Å². The molecule has 0 radical (unpaired) electrons.